The molecule has 0 saturated heterocycles. The van der Waals surface area contributed by atoms with Crippen LogP contribution in [0.1, 0.15) is 0 Å². The zero-order chi connectivity index (χ0) is 10.2. The van der Waals surface area contributed by atoms with Gasteiger partial charge in [0, 0.05) is 6.20 Å². The van der Waals surface area contributed by atoms with Crippen molar-refractivity contribution in [2.45, 2.75) is 19.6 Å². The van der Waals surface area contributed by atoms with Gasteiger partial charge in [0.15, 0.2) is 0 Å². The van der Waals surface area contributed by atoms with Gasteiger partial charge < -0.3 is 0 Å². The fourth-order valence-electron chi connectivity index (χ4n) is 1.76. The smallest absolute Gasteiger partial charge is 0.0784 e. The van der Waals surface area contributed by atoms with E-state index in [0.29, 0.717) is 0 Å². The summed E-state index contributed by atoms with van der Waals surface area (Å²) in [5.74, 6) is 0. The molecular weight excluding hydrogens is 186 g/mol. The van der Waals surface area contributed by atoms with E-state index >= 15 is 0 Å². The molecule has 0 radical (unpaired) electrons. The summed E-state index contributed by atoms with van der Waals surface area (Å²) in [5.41, 5.74) is 1.12. The van der Waals surface area contributed by atoms with Crippen LogP contribution in [0.3, 0.4) is 0 Å². The summed E-state index contributed by atoms with van der Waals surface area (Å²) in [5, 5.41) is 2.83. The number of aromatic nitrogens is 1. The first-order valence-corrected chi connectivity index (χ1v) is 8.43. The van der Waals surface area contributed by atoms with Crippen molar-refractivity contribution in [2.24, 2.45) is 0 Å². The van der Waals surface area contributed by atoms with Crippen LogP contribution in [0.15, 0.2) is 36.5 Å². The first kappa shape index (κ1) is 9.40. The third-order valence-corrected chi connectivity index (χ3v) is 4.51. The second-order valence-corrected chi connectivity index (χ2v) is 9.66. The second-order valence-electron chi connectivity index (χ2n) is 4.63. The van der Waals surface area contributed by atoms with Gasteiger partial charge in [-0.2, -0.15) is 0 Å². The second kappa shape index (κ2) is 3.21. The molecule has 0 bridgehead atoms. The molecule has 72 valence electrons. The molecule has 2 aromatic rings. The summed E-state index contributed by atoms with van der Waals surface area (Å²) >= 11 is 0. The van der Waals surface area contributed by atoms with Gasteiger partial charge in [-0.1, -0.05) is 43.0 Å². The molecule has 2 heteroatoms. The van der Waals surface area contributed by atoms with Crippen molar-refractivity contribution in [3.63, 3.8) is 0 Å². The lowest BCUT2D eigenvalue weighted by molar-refractivity contribution is 1.42. The minimum atomic E-state index is -1.24. The molecular formula is C12H15NSi. The van der Waals surface area contributed by atoms with Crippen LogP contribution in [0.2, 0.25) is 19.6 Å². The summed E-state index contributed by atoms with van der Waals surface area (Å²) in [6.07, 6.45) is 1.86. The van der Waals surface area contributed by atoms with Crippen LogP contribution < -0.4 is 5.19 Å². The molecule has 0 aliphatic rings. The largest absolute Gasteiger partial charge is 0.256 e. The van der Waals surface area contributed by atoms with E-state index in [1.165, 1.54) is 10.6 Å². The molecule has 0 spiro atoms. The Hall–Kier alpha value is -1.15. The van der Waals surface area contributed by atoms with Gasteiger partial charge in [0.05, 0.1) is 13.6 Å². The van der Waals surface area contributed by atoms with Gasteiger partial charge in [-0.15, -0.1) is 0 Å². The summed E-state index contributed by atoms with van der Waals surface area (Å²) in [4.78, 5) is 4.38. The molecule has 1 nitrogen and oxygen atoms in total. The third-order valence-electron chi connectivity index (χ3n) is 2.45. The molecule has 0 unspecified atom stereocenters. The molecule has 0 aliphatic heterocycles. The first-order chi connectivity index (χ1) is 6.59. The highest BCUT2D eigenvalue weighted by Crippen LogP contribution is 2.13. The van der Waals surface area contributed by atoms with Gasteiger partial charge in [0.25, 0.3) is 0 Å². The molecule has 0 atom stereocenters. The van der Waals surface area contributed by atoms with Crippen molar-refractivity contribution < 1.29 is 0 Å². The summed E-state index contributed by atoms with van der Waals surface area (Å²) in [6.45, 7) is 7.11. The maximum absolute atomic E-state index is 4.38. The zero-order valence-corrected chi connectivity index (χ0v) is 9.91. The molecule has 0 N–H and O–H groups in total. The van der Waals surface area contributed by atoms with Gasteiger partial charge in [0.2, 0.25) is 0 Å². The molecule has 1 aromatic heterocycles. The van der Waals surface area contributed by atoms with E-state index in [4.69, 9.17) is 0 Å². The Labute approximate surface area is 85.8 Å². The van der Waals surface area contributed by atoms with E-state index in [0.717, 1.165) is 5.52 Å². The molecule has 0 amide bonds. The van der Waals surface area contributed by atoms with E-state index in [1.807, 2.05) is 12.3 Å². The average molecular weight is 201 g/mol. The molecule has 2 rings (SSSR count). The van der Waals surface area contributed by atoms with Gasteiger partial charge in [-0.25, -0.2) is 0 Å². The molecule has 1 aromatic carbocycles. The Morgan fingerprint density at radius 3 is 2.50 bits per heavy atom. The van der Waals surface area contributed by atoms with E-state index in [9.17, 15) is 0 Å². The normalized spacial score (nSPS) is 11.9. The van der Waals surface area contributed by atoms with Crippen molar-refractivity contribution in [2.75, 3.05) is 0 Å². The highest BCUT2D eigenvalue weighted by molar-refractivity contribution is 6.90. The highest BCUT2D eigenvalue weighted by atomic mass is 28.3. The minimum Gasteiger partial charge on any atom is -0.256 e. The number of pyridine rings is 1. The number of hydrogen-bond donors (Lipinski definition) is 0. The van der Waals surface area contributed by atoms with Gasteiger partial charge in [-0.05, 0) is 17.5 Å². The third kappa shape index (κ3) is 1.57. The van der Waals surface area contributed by atoms with Crippen molar-refractivity contribution >= 4 is 24.2 Å². The number of hydrogen-bond acceptors (Lipinski definition) is 1. The molecule has 0 fully saturated rings. The monoisotopic (exact) mass is 201 g/mol. The summed E-state index contributed by atoms with van der Waals surface area (Å²) in [6, 6.07) is 10.6. The van der Waals surface area contributed by atoms with Crippen LogP contribution in [0.5, 0.6) is 0 Å². The van der Waals surface area contributed by atoms with Crippen molar-refractivity contribution in [3.8, 4) is 0 Å². The Morgan fingerprint density at radius 1 is 1.00 bits per heavy atom. The lowest BCUT2D eigenvalue weighted by atomic mass is 10.2. The predicted octanol–water partition coefficient (Wildman–Crippen LogP) is 2.78. The van der Waals surface area contributed by atoms with E-state index in [-0.39, 0.29) is 0 Å². The number of fused-ring (bicyclic) bond motifs is 1. The van der Waals surface area contributed by atoms with E-state index in [2.05, 4.69) is 48.9 Å². The van der Waals surface area contributed by atoms with Crippen molar-refractivity contribution in [1.29, 1.82) is 0 Å². The minimum absolute atomic E-state index is 1.12. The van der Waals surface area contributed by atoms with E-state index < -0.39 is 8.07 Å². The SMILES string of the molecule is C[Si](C)(C)c1cccc2ncccc12. The van der Waals surface area contributed by atoms with Crippen LogP contribution >= 0.6 is 0 Å². The fraction of sp³-hybridized carbons (Fsp3) is 0.250. The molecule has 0 aliphatic carbocycles. The standard InChI is InChI=1S/C12H15NSi/c1-14(2,3)12-8-4-7-11-10(12)6-5-9-13-11/h4-9H,1-3H3. The van der Waals surface area contributed by atoms with Gasteiger partial charge in [0.1, 0.15) is 0 Å². The van der Waals surface area contributed by atoms with Crippen LogP contribution in [0.4, 0.5) is 0 Å². The number of benzene rings is 1. The Bertz CT molecular complexity index is 452. The van der Waals surface area contributed by atoms with Crippen LogP contribution in [0.25, 0.3) is 10.9 Å². The number of rotatable bonds is 1. The molecule has 0 saturated carbocycles. The molecule has 1 heterocycles. The fourth-order valence-corrected chi connectivity index (χ4v) is 3.37. The van der Waals surface area contributed by atoms with Crippen molar-refractivity contribution in [3.05, 3.63) is 36.5 Å². The van der Waals surface area contributed by atoms with Crippen LogP contribution in [0, 0.1) is 0 Å². The maximum Gasteiger partial charge on any atom is 0.0784 e. The zero-order valence-electron chi connectivity index (χ0n) is 8.91. The summed E-state index contributed by atoms with van der Waals surface area (Å²) < 4.78 is 0. The summed E-state index contributed by atoms with van der Waals surface area (Å²) in [7, 11) is -1.24. The maximum atomic E-state index is 4.38. The van der Waals surface area contributed by atoms with Gasteiger partial charge >= 0.3 is 0 Å². The number of nitrogens with zero attached hydrogens (tertiary/aromatic N) is 1. The average Bonchev–Trinajstić information content (AvgIpc) is 2.15. The van der Waals surface area contributed by atoms with Crippen molar-refractivity contribution in [1.82, 2.24) is 4.98 Å². The lowest BCUT2D eigenvalue weighted by Gasteiger charge is -2.18. The molecule has 14 heavy (non-hydrogen) atoms. The van der Waals surface area contributed by atoms with E-state index in [1.54, 1.807) is 0 Å². The van der Waals surface area contributed by atoms with Gasteiger partial charge in [-0.3, -0.25) is 4.98 Å². The highest BCUT2D eigenvalue weighted by Gasteiger charge is 2.18. The lowest BCUT2D eigenvalue weighted by Crippen LogP contribution is -2.38. The van der Waals surface area contributed by atoms with Crippen LogP contribution in [-0.4, -0.2) is 13.1 Å². The Morgan fingerprint density at radius 2 is 1.79 bits per heavy atom. The van der Waals surface area contributed by atoms with Crippen LogP contribution in [-0.2, 0) is 0 Å². The predicted molar refractivity (Wildman–Crippen MR) is 64.7 cm³/mol. The quantitative estimate of drug-likeness (QED) is 0.647. The first-order valence-electron chi connectivity index (χ1n) is 4.93. The Kier molecular flexibility index (Phi) is 2.15. The Balaban J connectivity index is 2.78. The topological polar surface area (TPSA) is 12.9 Å².